The summed E-state index contributed by atoms with van der Waals surface area (Å²) in [6.07, 6.45) is 5.04. The molecule has 1 aliphatic carbocycles. The van der Waals surface area contributed by atoms with Crippen molar-refractivity contribution < 1.29 is 14.7 Å². The average Bonchev–Trinajstić information content (AvgIpc) is 3.53. The molecule has 1 aliphatic rings. The number of hydrogen-bond donors (Lipinski definition) is 3. The molecule has 4 aromatic rings. The van der Waals surface area contributed by atoms with Crippen LogP contribution in [0.2, 0.25) is 0 Å². The fourth-order valence-corrected chi connectivity index (χ4v) is 5.36. The van der Waals surface area contributed by atoms with Crippen molar-refractivity contribution in [1.82, 2.24) is 15.3 Å². The van der Waals surface area contributed by atoms with Gasteiger partial charge in [-0.25, -0.2) is 4.98 Å². The number of carbonyl (C=O) groups is 2. The Morgan fingerprint density at radius 1 is 1.06 bits per heavy atom. The van der Waals surface area contributed by atoms with Gasteiger partial charge in [0.05, 0.1) is 18.8 Å². The van der Waals surface area contributed by atoms with E-state index in [1.165, 1.54) is 11.3 Å². The lowest BCUT2D eigenvalue weighted by Crippen LogP contribution is -2.33. The van der Waals surface area contributed by atoms with E-state index in [0.717, 1.165) is 46.4 Å². The summed E-state index contributed by atoms with van der Waals surface area (Å²) in [6, 6.07) is 17.5. The highest BCUT2D eigenvalue weighted by molar-refractivity contribution is 7.14. The number of thiazole rings is 1. The average molecular weight is 499 g/mol. The summed E-state index contributed by atoms with van der Waals surface area (Å²) >= 11 is 1.33. The molecule has 0 radical (unpaired) electrons. The van der Waals surface area contributed by atoms with Crippen LogP contribution in [0, 0.1) is 0 Å². The van der Waals surface area contributed by atoms with E-state index >= 15 is 0 Å². The van der Waals surface area contributed by atoms with Crippen LogP contribution in [0.15, 0.2) is 72.4 Å². The predicted octanol–water partition coefficient (Wildman–Crippen LogP) is 4.44. The maximum absolute atomic E-state index is 12.8. The number of aliphatic hydroxyl groups excluding tert-OH is 1. The first kappa shape index (κ1) is 23.8. The lowest BCUT2D eigenvalue weighted by atomic mass is 9.84. The molecule has 5 rings (SSSR count). The van der Waals surface area contributed by atoms with Crippen LogP contribution >= 0.6 is 11.3 Å². The Balaban J connectivity index is 1.22. The van der Waals surface area contributed by atoms with E-state index in [1.807, 2.05) is 54.8 Å². The Hall–Kier alpha value is -3.88. The van der Waals surface area contributed by atoms with Crippen molar-refractivity contribution >= 4 is 28.3 Å². The molecule has 2 aromatic heterocycles. The number of hydrogen-bond acceptors (Lipinski definition) is 6. The summed E-state index contributed by atoms with van der Waals surface area (Å²) in [6.45, 7) is 1.88. The minimum atomic E-state index is -0.345. The smallest absolute Gasteiger partial charge is 0.252 e. The Bertz CT molecular complexity index is 1420. The van der Waals surface area contributed by atoms with Gasteiger partial charge < -0.3 is 15.7 Å². The maximum atomic E-state index is 12.8. The van der Waals surface area contributed by atoms with Crippen molar-refractivity contribution in [2.45, 2.75) is 25.2 Å². The first-order valence-electron chi connectivity index (χ1n) is 11.7. The van der Waals surface area contributed by atoms with Crippen molar-refractivity contribution in [2.24, 2.45) is 0 Å². The lowest BCUT2D eigenvalue weighted by Gasteiger charge is -2.22. The zero-order chi connectivity index (χ0) is 25.1. The van der Waals surface area contributed by atoms with Crippen molar-refractivity contribution in [3.63, 3.8) is 0 Å². The zero-order valence-electron chi connectivity index (χ0n) is 19.8. The van der Waals surface area contributed by atoms with Gasteiger partial charge in [0.15, 0.2) is 5.13 Å². The summed E-state index contributed by atoms with van der Waals surface area (Å²) < 4.78 is 0. The quantitative estimate of drug-likeness (QED) is 0.350. The van der Waals surface area contributed by atoms with Gasteiger partial charge in [0.2, 0.25) is 5.91 Å². The number of aromatic nitrogens is 2. The van der Waals surface area contributed by atoms with Crippen LogP contribution in [0.1, 0.15) is 34.8 Å². The van der Waals surface area contributed by atoms with E-state index in [0.29, 0.717) is 10.7 Å². The number of nitrogens with zero attached hydrogens (tertiary/aromatic N) is 2. The van der Waals surface area contributed by atoms with Crippen molar-refractivity contribution in [1.29, 1.82) is 0 Å². The number of nitrogens with one attached hydrogen (secondary N) is 2. The molecule has 0 fully saturated rings. The number of carbonyl (C=O) groups excluding carboxylic acids is 2. The molecule has 1 atom stereocenters. The van der Waals surface area contributed by atoms with Crippen molar-refractivity contribution in [3.05, 3.63) is 89.1 Å². The minimum absolute atomic E-state index is 0.0390. The van der Waals surface area contributed by atoms with Crippen LogP contribution in [-0.2, 0) is 16.6 Å². The van der Waals surface area contributed by atoms with Crippen LogP contribution in [0.4, 0.5) is 5.13 Å². The molecule has 0 spiro atoms. The number of pyridine rings is 1. The van der Waals surface area contributed by atoms with Gasteiger partial charge in [-0.3, -0.25) is 14.6 Å². The monoisotopic (exact) mass is 498 g/mol. The van der Waals surface area contributed by atoms with Gasteiger partial charge >= 0.3 is 0 Å². The number of anilines is 1. The highest BCUT2D eigenvalue weighted by atomic mass is 32.1. The molecule has 2 heterocycles. The highest BCUT2D eigenvalue weighted by Crippen LogP contribution is 2.39. The number of fused-ring (bicyclic) bond motifs is 1. The lowest BCUT2D eigenvalue weighted by molar-refractivity contribution is -0.115. The molecule has 36 heavy (non-hydrogen) atoms. The molecule has 2 amide bonds. The summed E-state index contributed by atoms with van der Waals surface area (Å²) in [4.78, 5) is 34.0. The van der Waals surface area contributed by atoms with E-state index in [4.69, 9.17) is 0 Å². The highest BCUT2D eigenvalue weighted by Gasteiger charge is 2.35. The van der Waals surface area contributed by atoms with Crippen LogP contribution in [0.25, 0.3) is 22.4 Å². The van der Waals surface area contributed by atoms with Crippen LogP contribution < -0.4 is 10.6 Å². The Kier molecular flexibility index (Phi) is 6.63. The Labute approximate surface area is 213 Å². The molecule has 182 valence electrons. The second-order valence-electron chi connectivity index (χ2n) is 9.14. The molecule has 0 aliphatic heterocycles. The summed E-state index contributed by atoms with van der Waals surface area (Å²) in [7, 11) is 0. The molecule has 0 bridgehead atoms. The summed E-state index contributed by atoms with van der Waals surface area (Å²) in [5.74, 6) is -0.639. The first-order valence-corrected chi connectivity index (χ1v) is 12.6. The van der Waals surface area contributed by atoms with E-state index in [9.17, 15) is 14.7 Å². The third-order valence-corrected chi connectivity index (χ3v) is 7.44. The van der Waals surface area contributed by atoms with Gasteiger partial charge in [0.25, 0.3) is 5.91 Å². The predicted molar refractivity (Wildman–Crippen MR) is 141 cm³/mol. The van der Waals surface area contributed by atoms with E-state index < -0.39 is 0 Å². The third-order valence-electron chi connectivity index (χ3n) is 6.68. The number of amides is 2. The molecular weight excluding hydrogens is 472 g/mol. The largest absolute Gasteiger partial charge is 0.395 e. The van der Waals surface area contributed by atoms with Gasteiger partial charge in [-0.05, 0) is 59.4 Å². The Morgan fingerprint density at radius 2 is 1.83 bits per heavy atom. The van der Waals surface area contributed by atoms with Gasteiger partial charge in [0.1, 0.15) is 0 Å². The molecule has 1 unspecified atom stereocenters. The summed E-state index contributed by atoms with van der Waals surface area (Å²) in [5, 5.41) is 17.7. The molecule has 8 heteroatoms. The van der Waals surface area contributed by atoms with Crippen molar-refractivity contribution in [2.75, 3.05) is 18.5 Å². The van der Waals surface area contributed by atoms with E-state index in [2.05, 4.69) is 26.7 Å². The van der Waals surface area contributed by atoms with Crippen molar-refractivity contribution in [3.8, 4) is 22.4 Å². The topological polar surface area (TPSA) is 104 Å². The van der Waals surface area contributed by atoms with Gasteiger partial charge in [-0.1, -0.05) is 37.3 Å². The second-order valence-corrected chi connectivity index (χ2v) is 9.99. The zero-order valence-corrected chi connectivity index (χ0v) is 20.6. The fraction of sp³-hybridized carbons (Fsp3) is 0.214. The number of benzene rings is 2. The number of aliphatic hydroxyl groups is 1. The fourth-order valence-electron chi connectivity index (χ4n) is 4.62. The van der Waals surface area contributed by atoms with E-state index in [1.54, 1.807) is 18.5 Å². The summed E-state index contributed by atoms with van der Waals surface area (Å²) in [5.41, 5.74) is 6.02. The standard InChI is InChI=1S/C28H26N4O3S/c1-28(17-33)11-8-21-22(6-3-7-23(21)28)26(35)30-15-25(34)32-27-31-24(16-36-27)20-5-2-4-19(14-20)18-9-12-29-13-10-18/h2-7,9-10,12-14,16,33H,8,11,15,17H2,1H3,(H,30,35)(H,31,32,34). The first-order chi connectivity index (χ1) is 17.5. The molecule has 0 saturated carbocycles. The normalized spacial score (nSPS) is 16.4. The van der Waals surface area contributed by atoms with Crippen LogP contribution in [0.5, 0.6) is 0 Å². The number of rotatable bonds is 7. The van der Waals surface area contributed by atoms with Crippen LogP contribution in [0.3, 0.4) is 0 Å². The molecule has 2 aromatic carbocycles. The second kappa shape index (κ2) is 10.0. The van der Waals surface area contributed by atoms with Crippen LogP contribution in [-0.4, -0.2) is 40.0 Å². The SMILES string of the molecule is CC1(CO)CCc2c(C(=O)NCC(=O)Nc3nc(-c4cccc(-c5ccncc5)c4)cs3)cccc21. The molecular formula is C28H26N4O3S. The molecule has 7 nitrogen and oxygen atoms in total. The third kappa shape index (κ3) is 4.78. The maximum Gasteiger partial charge on any atom is 0.252 e. The molecule has 0 saturated heterocycles. The van der Waals surface area contributed by atoms with Gasteiger partial charge in [0, 0.05) is 34.3 Å². The molecule has 3 N–H and O–H groups in total. The Morgan fingerprint density at radius 3 is 2.64 bits per heavy atom. The van der Waals surface area contributed by atoms with Gasteiger partial charge in [-0.15, -0.1) is 11.3 Å². The minimum Gasteiger partial charge on any atom is -0.395 e. The van der Waals surface area contributed by atoms with Gasteiger partial charge in [-0.2, -0.15) is 0 Å². The van der Waals surface area contributed by atoms with E-state index in [-0.39, 0.29) is 30.4 Å².